The average molecular weight is 455 g/mol. The third-order valence-corrected chi connectivity index (χ3v) is 6.19. The van der Waals surface area contributed by atoms with Crippen molar-refractivity contribution in [1.29, 1.82) is 0 Å². The molecular weight excluding hydrogens is 434 g/mol. The Bertz CT molecular complexity index is 796. The number of ether oxygens (including phenoxy) is 1. The van der Waals surface area contributed by atoms with E-state index in [1.165, 1.54) is 0 Å². The summed E-state index contributed by atoms with van der Waals surface area (Å²) in [5, 5.41) is 2.63. The maximum absolute atomic E-state index is 14.0. The van der Waals surface area contributed by atoms with E-state index < -0.39 is 44.3 Å². The van der Waals surface area contributed by atoms with Crippen molar-refractivity contribution in [3.05, 3.63) is 28.2 Å². The summed E-state index contributed by atoms with van der Waals surface area (Å²) in [5.74, 6) is -2.04. The topological polar surface area (TPSA) is 75.7 Å². The molecule has 146 valence electrons. The highest BCUT2D eigenvalue weighted by Crippen LogP contribution is 2.27. The molecule has 10 heteroatoms. The lowest BCUT2D eigenvalue weighted by Gasteiger charge is -2.33. The summed E-state index contributed by atoms with van der Waals surface area (Å²) in [6, 6.07) is 0.975. The number of rotatable bonds is 3. The highest BCUT2D eigenvalue weighted by Gasteiger charge is 2.33. The minimum absolute atomic E-state index is 0.0178. The zero-order chi connectivity index (χ0) is 19.7. The number of hydrogen-bond acceptors (Lipinski definition) is 4. The lowest BCUT2D eigenvalue weighted by Crippen LogP contribution is -2.50. The van der Waals surface area contributed by atoms with Crippen molar-refractivity contribution >= 4 is 32.0 Å². The second-order valence-corrected chi connectivity index (χ2v) is 9.81. The molecule has 6 nitrogen and oxygen atoms in total. The van der Waals surface area contributed by atoms with Gasteiger partial charge in [-0.2, -0.15) is 4.31 Å². The first kappa shape index (κ1) is 21.0. The molecule has 0 aromatic heterocycles. The van der Waals surface area contributed by atoms with Gasteiger partial charge >= 0.3 is 6.09 Å². The zero-order valence-electron chi connectivity index (χ0n) is 14.7. The molecule has 1 saturated heterocycles. The molecule has 26 heavy (non-hydrogen) atoms. The number of sulfonamides is 1. The Morgan fingerprint density at radius 2 is 1.96 bits per heavy atom. The number of carbonyl (C=O) groups is 1. The highest BCUT2D eigenvalue weighted by molar-refractivity contribution is 9.10. The van der Waals surface area contributed by atoms with E-state index in [4.69, 9.17) is 4.74 Å². The second-order valence-electron chi connectivity index (χ2n) is 7.05. The lowest BCUT2D eigenvalue weighted by atomic mass is 10.1. The van der Waals surface area contributed by atoms with Gasteiger partial charge in [0, 0.05) is 25.2 Å². The third-order valence-electron chi connectivity index (χ3n) is 3.70. The quantitative estimate of drug-likeness (QED) is 0.709. The standard InChI is InChI=1S/C16H21BrF2N2O4S/c1-16(2,3)25-15(22)20-10-5-4-6-21(9-10)26(23,24)14-7-11(17)12(18)8-13(14)19/h7-8,10H,4-6,9H2,1-3H3,(H,20,22)/t10-/m0/s1. The number of alkyl carbamates (subject to hydrolysis) is 1. The molecule has 0 aliphatic carbocycles. The van der Waals surface area contributed by atoms with E-state index in [0.29, 0.717) is 18.9 Å². The van der Waals surface area contributed by atoms with E-state index in [1.807, 2.05) is 0 Å². The maximum Gasteiger partial charge on any atom is 0.407 e. The summed E-state index contributed by atoms with van der Waals surface area (Å²) in [4.78, 5) is 11.3. The summed E-state index contributed by atoms with van der Waals surface area (Å²) < 4.78 is 59.0. The van der Waals surface area contributed by atoms with Crippen molar-refractivity contribution in [2.45, 2.75) is 50.2 Å². The number of hydrogen-bond donors (Lipinski definition) is 1. The van der Waals surface area contributed by atoms with Crippen LogP contribution >= 0.6 is 15.9 Å². The predicted molar refractivity (Wildman–Crippen MR) is 95.2 cm³/mol. The molecule has 2 rings (SSSR count). The zero-order valence-corrected chi connectivity index (χ0v) is 17.1. The molecule has 0 saturated carbocycles. The molecule has 1 aliphatic rings. The molecule has 0 bridgehead atoms. The Morgan fingerprint density at radius 1 is 1.31 bits per heavy atom. The van der Waals surface area contributed by atoms with Crippen molar-refractivity contribution in [3.63, 3.8) is 0 Å². The Balaban J connectivity index is 2.16. The van der Waals surface area contributed by atoms with Crippen LogP contribution < -0.4 is 5.32 Å². The molecule has 1 aromatic rings. The van der Waals surface area contributed by atoms with Crippen LogP contribution in [0.1, 0.15) is 33.6 Å². The number of benzene rings is 1. The van der Waals surface area contributed by atoms with Crippen LogP contribution in [0.2, 0.25) is 0 Å². The molecule has 1 amide bonds. The molecule has 0 radical (unpaired) electrons. The Morgan fingerprint density at radius 3 is 2.58 bits per heavy atom. The van der Waals surface area contributed by atoms with Crippen LogP contribution in [-0.2, 0) is 14.8 Å². The first-order chi connectivity index (χ1) is 11.9. The predicted octanol–water partition coefficient (Wildman–Crippen LogP) is 3.41. The fourth-order valence-corrected chi connectivity index (χ4v) is 4.68. The van der Waals surface area contributed by atoms with Gasteiger partial charge in [0.05, 0.1) is 4.47 Å². The lowest BCUT2D eigenvalue weighted by molar-refractivity contribution is 0.0487. The largest absolute Gasteiger partial charge is 0.444 e. The number of nitrogens with one attached hydrogen (secondary N) is 1. The van der Waals surface area contributed by atoms with Crippen LogP contribution in [0.5, 0.6) is 0 Å². The Hall–Kier alpha value is -1.26. The van der Waals surface area contributed by atoms with Crippen LogP contribution in [0, 0.1) is 11.6 Å². The van der Waals surface area contributed by atoms with Gasteiger partial charge in [-0.3, -0.25) is 0 Å². The van der Waals surface area contributed by atoms with Gasteiger partial charge in [-0.05, 0) is 55.6 Å². The van der Waals surface area contributed by atoms with Gasteiger partial charge in [-0.1, -0.05) is 0 Å². The molecule has 1 aromatic carbocycles. The summed E-state index contributed by atoms with van der Waals surface area (Å²) >= 11 is 2.87. The molecule has 1 aliphatic heterocycles. The molecule has 0 unspecified atom stereocenters. The van der Waals surface area contributed by atoms with E-state index >= 15 is 0 Å². The van der Waals surface area contributed by atoms with Gasteiger partial charge in [-0.25, -0.2) is 22.0 Å². The Labute approximate surface area is 160 Å². The van der Waals surface area contributed by atoms with Crippen molar-refractivity contribution in [3.8, 4) is 0 Å². The summed E-state index contributed by atoms with van der Waals surface area (Å²) in [7, 11) is -4.17. The smallest absolute Gasteiger partial charge is 0.407 e. The molecule has 1 atom stereocenters. The fourth-order valence-electron chi connectivity index (χ4n) is 2.59. The van der Waals surface area contributed by atoms with Crippen LogP contribution in [0.3, 0.4) is 0 Å². The van der Waals surface area contributed by atoms with E-state index in [1.54, 1.807) is 20.8 Å². The summed E-state index contributed by atoms with van der Waals surface area (Å²) in [6.07, 6.45) is 0.419. The van der Waals surface area contributed by atoms with Gasteiger partial charge in [0.1, 0.15) is 22.1 Å². The van der Waals surface area contributed by atoms with Crippen LogP contribution in [0.4, 0.5) is 13.6 Å². The molecule has 1 N–H and O–H groups in total. The van der Waals surface area contributed by atoms with E-state index in [9.17, 15) is 22.0 Å². The van der Waals surface area contributed by atoms with Crippen LogP contribution in [0.15, 0.2) is 21.5 Å². The second kappa shape index (κ2) is 7.77. The van der Waals surface area contributed by atoms with Crippen molar-refractivity contribution in [2.24, 2.45) is 0 Å². The van der Waals surface area contributed by atoms with Gasteiger partial charge in [0.25, 0.3) is 0 Å². The number of piperidine rings is 1. The van der Waals surface area contributed by atoms with Crippen molar-refractivity contribution in [1.82, 2.24) is 9.62 Å². The summed E-state index contributed by atoms with van der Waals surface area (Å²) in [6.45, 7) is 5.33. The highest BCUT2D eigenvalue weighted by atomic mass is 79.9. The van der Waals surface area contributed by atoms with Gasteiger partial charge < -0.3 is 10.1 Å². The summed E-state index contributed by atoms with van der Waals surface area (Å²) in [5.41, 5.74) is -0.673. The SMILES string of the molecule is CC(C)(C)OC(=O)N[C@H]1CCCN(S(=O)(=O)c2cc(Br)c(F)cc2F)C1. The number of amides is 1. The van der Waals surface area contributed by atoms with Gasteiger partial charge in [0.15, 0.2) is 0 Å². The number of nitrogens with zero attached hydrogens (tertiary/aromatic N) is 1. The van der Waals surface area contributed by atoms with Crippen LogP contribution in [0.25, 0.3) is 0 Å². The van der Waals surface area contributed by atoms with E-state index in [0.717, 1.165) is 10.4 Å². The maximum atomic E-state index is 14.0. The monoisotopic (exact) mass is 454 g/mol. The molecular formula is C16H21BrF2N2O4S. The third kappa shape index (κ3) is 5.14. The molecule has 1 fully saturated rings. The van der Waals surface area contributed by atoms with E-state index in [-0.39, 0.29) is 17.6 Å². The number of halogens is 3. The molecule has 1 heterocycles. The average Bonchev–Trinajstić information content (AvgIpc) is 2.49. The van der Waals surface area contributed by atoms with Gasteiger partial charge in [0.2, 0.25) is 10.0 Å². The van der Waals surface area contributed by atoms with Crippen molar-refractivity contribution < 1.29 is 26.7 Å². The van der Waals surface area contributed by atoms with E-state index in [2.05, 4.69) is 21.2 Å². The fraction of sp³-hybridized carbons (Fsp3) is 0.562. The van der Waals surface area contributed by atoms with Gasteiger partial charge in [-0.15, -0.1) is 0 Å². The first-order valence-corrected chi connectivity index (χ1v) is 10.3. The normalized spacial score (nSPS) is 19.2. The first-order valence-electron chi connectivity index (χ1n) is 8.04. The minimum Gasteiger partial charge on any atom is -0.444 e. The number of carbonyl (C=O) groups excluding carboxylic acids is 1. The molecule has 0 spiro atoms. The van der Waals surface area contributed by atoms with Crippen molar-refractivity contribution in [2.75, 3.05) is 13.1 Å². The minimum atomic E-state index is -4.17. The Kier molecular flexibility index (Phi) is 6.29. The van der Waals surface area contributed by atoms with Crippen LogP contribution in [-0.4, -0.2) is 43.5 Å².